The number of hydrogen-bond acceptors (Lipinski definition) is 4. The Bertz CT molecular complexity index is 1140. The highest BCUT2D eigenvalue weighted by Gasteiger charge is 2.31. The molecule has 1 heterocycles. The van der Waals surface area contributed by atoms with E-state index in [2.05, 4.69) is 30.8 Å². The van der Waals surface area contributed by atoms with Crippen molar-refractivity contribution in [2.24, 2.45) is 9.98 Å². The third-order valence-electron chi connectivity index (χ3n) is 4.99. The normalized spacial score (nSPS) is 15.3. The van der Waals surface area contributed by atoms with E-state index in [1.165, 1.54) is 6.92 Å². The molecule has 2 aromatic rings. The largest absolute Gasteiger partial charge is 0.512 e. The average Bonchev–Trinajstić information content (AvgIpc) is 3.05. The predicted molar refractivity (Wildman–Crippen MR) is 126 cm³/mol. The number of benzene rings is 2. The van der Waals surface area contributed by atoms with Crippen LogP contribution in [0.15, 0.2) is 69.8 Å². The summed E-state index contributed by atoms with van der Waals surface area (Å²) in [6, 6.07) is 14.5. The molecule has 2 aromatic carbocycles. The molecule has 0 unspecified atom stereocenters. The lowest BCUT2D eigenvalue weighted by Gasteiger charge is -2.18. The number of hydrogen-bond donors (Lipinski definition) is 1. The van der Waals surface area contributed by atoms with Gasteiger partial charge in [-0.15, -0.1) is 0 Å². The van der Waals surface area contributed by atoms with Gasteiger partial charge in [0, 0.05) is 16.7 Å². The first-order valence-corrected chi connectivity index (χ1v) is 10.5. The maximum absolute atomic E-state index is 12.9. The van der Waals surface area contributed by atoms with Crippen LogP contribution in [0.5, 0.6) is 0 Å². The molecule has 6 nitrogen and oxygen atoms in total. The Morgan fingerprint density at radius 1 is 1.00 bits per heavy atom. The third kappa shape index (κ3) is 4.85. The molecule has 0 saturated carbocycles. The van der Waals surface area contributed by atoms with E-state index in [0.717, 1.165) is 5.56 Å². The van der Waals surface area contributed by atoms with Gasteiger partial charge in [0.05, 0.1) is 11.8 Å². The number of aliphatic imine (C=N–C) groups is 2. The molecule has 0 spiro atoms. The molecule has 32 heavy (non-hydrogen) atoms. The van der Waals surface area contributed by atoms with Gasteiger partial charge in [0.25, 0.3) is 5.91 Å². The van der Waals surface area contributed by atoms with Crippen LogP contribution in [0.25, 0.3) is 0 Å². The lowest BCUT2D eigenvalue weighted by atomic mass is 9.87. The Kier molecular flexibility index (Phi) is 6.44. The first-order valence-electron chi connectivity index (χ1n) is 10.5. The van der Waals surface area contributed by atoms with E-state index in [-0.39, 0.29) is 34.4 Å². The molecule has 0 saturated heterocycles. The van der Waals surface area contributed by atoms with Crippen LogP contribution in [-0.2, 0) is 14.9 Å². The molecule has 1 aliphatic rings. The third-order valence-corrected chi connectivity index (χ3v) is 4.99. The van der Waals surface area contributed by atoms with Crippen molar-refractivity contribution in [1.82, 2.24) is 0 Å². The zero-order valence-corrected chi connectivity index (χ0v) is 19.3. The first kappa shape index (κ1) is 23.1. The zero-order valence-electron chi connectivity index (χ0n) is 19.3. The monoisotopic (exact) mass is 432 g/mol. The SMILES string of the molecule is CC(O)=C(C(=O)OC(C)C)C1=NC(=NC(=O)c2ccc(C(C)(C)C)cc2)c2ccccc21. The number of rotatable bonds is 4. The number of aliphatic hydroxyl groups is 1. The summed E-state index contributed by atoms with van der Waals surface area (Å²) in [4.78, 5) is 34.2. The summed E-state index contributed by atoms with van der Waals surface area (Å²) in [6.45, 7) is 11.2. The molecule has 166 valence electrons. The number of nitrogens with zero attached hydrogens (tertiary/aromatic N) is 2. The minimum Gasteiger partial charge on any atom is -0.512 e. The lowest BCUT2D eigenvalue weighted by molar-refractivity contribution is -0.142. The maximum Gasteiger partial charge on any atom is 0.344 e. The molecular weight excluding hydrogens is 404 g/mol. The Balaban J connectivity index is 2.03. The second-order valence-corrected chi connectivity index (χ2v) is 8.99. The fraction of sp³-hybridized carbons (Fsp3) is 0.308. The van der Waals surface area contributed by atoms with E-state index < -0.39 is 11.9 Å². The lowest BCUT2D eigenvalue weighted by Crippen LogP contribution is -2.21. The van der Waals surface area contributed by atoms with Gasteiger partial charge in [-0.3, -0.25) is 4.79 Å². The highest BCUT2D eigenvalue weighted by Crippen LogP contribution is 2.27. The Morgan fingerprint density at radius 2 is 1.59 bits per heavy atom. The average molecular weight is 433 g/mol. The van der Waals surface area contributed by atoms with E-state index in [1.807, 2.05) is 12.1 Å². The summed E-state index contributed by atoms with van der Waals surface area (Å²) in [6.07, 6.45) is -0.361. The quantitative estimate of drug-likeness (QED) is 0.411. The van der Waals surface area contributed by atoms with Gasteiger partial charge < -0.3 is 9.84 Å². The van der Waals surface area contributed by atoms with Crippen molar-refractivity contribution in [3.05, 3.63) is 82.1 Å². The summed E-state index contributed by atoms with van der Waals surface area (Å²) in [5.41, 5.74) is 2.95. The van der Waals surface area contributed by atoms with Crippen molar-refractivity contribution in [1.29, 1.82) is 0 Å². The van der Waals surface area contributed by atoms with E-state index in [9.17, 15) is 14.7 Å². The Morgan fingerprint density at radius 3 is 2.12 bits per heavy atom. The maximum atomic E-state index is 12.9. The van der Waals surface area contributed by atoms with Crippen LogP contribution in [0.4, 0.5) is 0 Å². The van der Waals surface area contributed by atoms with Gasteiger partial charge >= 0.3 is 5.97 Å². The van der Waals surface area contributed by atoms with Crippen molar-refractivity contribution >= 4 is 23.4 Å². The number of esters is 1. The molecule has 0 radical (unpaired) electrons. The molecule has 0 aliphatic carbocycles. The highest BCUT2D eigenvalue weighted by atomic mass is 16.5. The van der Waals surface area contributed by atoms with Crippen LogP contribution in [-0.4, -0.2) is 34.6 Å². The van der Waals surface area contributed by atoms with Crippen molar-refractivity contribution in [2.75, 3.05) is 0 Å². The van der Waals surface area contributed by atoms with Crippen molar-refractivity contribution in [2.45, 2.75) is 53.1 Å². The molecule has 6 heteroatoms. The summed E-state index contributed by atoms with van der Waals surface area (Å²) in [5, 5.41) is 10.2. The van der Waals surface area contributed by atoms with Crippen molar-refractivity contribution in [3.63, 3.8) is 0 Å². The van der Waals surface area contributed by atoms with Gasteiger partial charge in [0.15, 0.2) is 5.84 Å². The minimum absolute atomic E-state index is 0.0213. The van der Waals surface area contributed by atoms with E-state index in [0.29, 0.717) is 16.7 Å². The minimum atomic E-state index is -0.682. The Hall–Kier alpha value is -3.54. The van der Waals surface area contributed by atoms with E-state index >= 15 is 0 Å². The van der Waals surface area contributed by atoms with E-state index in [4.69, 9.17) is 4.74 Å². The second-order valence-electron chi connectivity index (χ2n) is 8.99. The number of carbonyl (C=O) groups is 2. The molecule has 0 aromatic heterocycles. The number of aliphatic hydroxyl groups excluding tert-OH is 1. The molecule has 1 N–H and O–H groups in total. The van der Waals surface area contributed by atoms with Crippen LogP contribution < -0.4 is 0 Å². The number of carbonyl (C=O) groups excluding carboxylic acids is 2. The summed E-state index contributed by atoms with van der Waals surface area (Å²) in [5.74, 6) is -1.14. The van der Waals surface area contributed by atoms with Crippen LogP contribution in [0.2, 0.25) is 0 Å². The van der Waals surface area contributed by atoms with Crippen LogP contribution >= 0.6 is 0 Å². The van der Waals surface area contributed by atoms with E-state index in [1.54, 1.807) is 50.2 Å². The second kappa shape index (κ2) is 8.91. The number of ether oxygens (including phenoxy) is 1. The van der Waals surface area contributed by atoms with Crippen molar-refractivity contribution in [3.8, 4) is 0 Å². The Labute approximate surface area is 188 Å². The van der Waals surface area contributed by atoms with Crippen LogP contribution in [0.3, 0.4) is 0 Å². The fourth-order valence-electron chi connectivity index (χ4n) is 3.35. The van der Waals surface area contributed by atoms with Gasteiger partial charge in [-0.25, -0.2) is 9.79 Å². The molecule has 1 aliphatic heterocycles. The number of allylic oxidation sites excluding steroid dienone is 1. The number of fused-ring (bicyclic) bond motifs is 1. The standard InChI is InChI=1S/C26H28N2O4/c1-15(2)32-25(31)21(16(3)29)22-19-9-7-8-10-20(19)23(27-22)28-24(30)17-11-13-18(14-12-17)26(4,5)6/h7-15,29H,1-6H3. The molecule has 0 bridgehead atoms. The summed E-state index contributed by atoms with van der Waals surface area (Å²) in [7, 11) is 0. The molecule has 0 atom stereocenters. The molecule has 1 amide bonds. The van der Waals surface area contributed by atoms with Gasteiger partial charge in [0.2, 0.25) is 0 Å². The van der Waals surface area contributed by atoms with Gasteiger partial charge in [0.1, 0.15) is 11.3 Å². The smallest absolute Gasteiger partial charge is 0.344 e. The summed E-state index contributed by atoms with van der Waals surface area (Å²) < 4.78 is 5.28. The molecule has 3 rings (SSSR count). The number of amidine groups is 1. The fourth-order valence-corrected chi connectivity index (χ4v) is 3.35. The predicted octanol–water partition coefficient (Wildman–Crippen LogP) is 5.16. The van der Waals surface area contributed by atoms with Crippen LogP contribution in [0, 0.1) is 0 Å². The number of amides is 1. The topological polar surface area (TPSA) is 88.3 Å². The zero-order chi connectivity index (χ0) is 23.6. The highest BCUT2D eigenvalue weighted by molar-refractivity contribution is 6.36. The van der Waals surface area contributed by atoms with Gasteiger partial charge in [-0.05, 0) is 43.9 Å². The summed E-state index contributed by atoms with van der Waals surface area (Å²) >= 11 is 0. The molecular formula is C26H28N2O4. The van der Waals surface area contributed by atoms with Crippen molar-refractivity contribution < 1.29 is 19.4 Å². The van der Waals surface area contributed by atoms with Gasteiger partial charge in [-0.1, -0.05) is 57.2 Å². The first-order chi connectivity index (χ1) is 15.0. The molecule has 0 fully saturated rings. The van der Waals surface area contributed by atoms with Gasteiger partial charge in [-0.2, -0.15) is 4.99 Å². The van der Waals surface area contributed by atoms with Crippen LogP contribution in [0.1, 0.15) is 68.6 Å².